The van der Waals surface area contributed by atoms with E-state index in [9.17, 15) is 9.90 Å². The molecule has 0 unspecified atom stereocenters. The van der Waals surface area contributed by atoms with Crippen molar-refractivity contribution in [2.45, 2.75) is 18.6 Å². The number of nitrogens with two attached hydrogens (primary N) is 1. The molecule has 1 amide bonds. The smallest absolute Gasteiger partial charge is 0.269 e. The quantitative estimate of drug-likeness (QED) is 0.524. The Kier molecular flexibility index (Phi) is 3.94. The fraction of sp³-hybridized carbons (Fsp3) is 0.692. The molecule has 0 saturated carbocycles. The summed E-state index contributed by atoms with van der Waals surface area (Å²) in [6.07, 6.45) is 0.764. The van der Waals surface area contributed by atoms with E-state index >= 15 is 0 Å². The minimum Gasteiger partial charge on any atom is -0.385 e. The lowest BCUT2D eigenvalue weighted by atomic mass is 10.0. The van der Waals surface area contributed by atoms with Gasteiger partial charge < -0.3 is 20.9 Å². The van der Waals surface area contributed by atoms with Crippen molar-refractivity contribution in [3.63, 3.8) is 0 Å². The van der Waals surface area contributed by atoms with Gasteiger partial charge in [-0.3, -0.25) is 14.8 Å². The van der Waals surface area contributed by atoms with Gasteiger partial charge >= 0.3 is 0 Å². The van der Waals surface area contributed by atoms with Crippen LogP contribution in [0.15, 0.2) is 0 Å². The highest BCUT2D eigenvalue weighted by Crippen LogP contribution is 2.22. The van der Waals surface area contributed by atoms with Gasteiger partial charge in [0.15, 0.2) is 5.69 Å². The molecule has 5 N–H and O–H groups in total. The van der Waals surface area contributed by atoms with Crippen molar-refractivity contribution in [1.82, 2.24) is 20.4 Å². The maximum atomic E-state index is 11.4. The third-order valence-electron chi connectivity index (χ3n) is 4.01. The summed E-state index contributed by atoms with van der Waals surface area (Å²) in [6.45, 7) is 4.03. The number of H-pyrrole nitrogens is 1. The van der Waals surface area contributed by atoms with Crippen LogP contribution < -0.4 is 11.1 Å². The molecule has 1 aromatic heterocycles. The summed E-state index contributed by atoms with van der Waals surface area (Å²) in [6, 6.07) is 0. The molecular formula is C13H21N5O3. The average molecular weight is 295 g/mol. The standard InChI is InChI=1S/C13H21N5O3/c14-12(19)11-9-5-18(3-1-10(9)16-17-11)7-13(20)6-15-2-4-21-8-13/h15,20H,1-8H2,(H2,14,19)(H,16,17)/t13-/m0/s1. The number of hydrogen-bond acceptors (Lipinski definition) is 6. The second-order valence-corrected chi connectivity index (χ2v) is 5.81. The molecule has 0 radical (unpaired) electrons. The lowest BCUT2D eigenvalue weighted by molar-refractivity contribution is -0.0511. The van der Waals surface area contributed by atoms with Crippen molar-refractivity contribution in [3.05, 3.63) is 17.0 Å². The zero-order valence-corrected chi connectivity index (χ0v) is 11.9. The molecule has 0 bridgehead atoms. The predicted molar refractivity (Wildman–Crippen MR) is 74.7 cm³/mol. The van der Waals surface area contributed by atoms with Crippen molar-refractivity contribution in [3.8, 4) is 0 Å². The Labute approximate surface area is 122 Å². The first-order valence-corrected chi connectivity index (χ1v) is 7.16. The maximum absolute atomic E-state index is 11.4. The monoisotopic (exact) mass is 295 g/mol. The van der Waals surface area contributed by atoms with Crippen LogP contribution in [0.5, 0.6) is 0 Å². The summed E-state index contributed by atoms with van der Waals surface area (Å²) in [7, 11) is 0. The number of carbonyl (C=O) groups is 1. The van der Waals surface area contributed by atoms with Crippen molar-refractivity contribution in [1.29, 1.82) is 0 Å². The molecule has 2 aliphatic rings. The Balaban J connectivity index is 1.70. The summed E-state index contributed by atoms with van der Waals surface area (Å²) in [5.74, 6) is -0.521. The number of ether oxygens (including phenoxy) is 1. The van der Waals surface area contributed by atoms with Crippen LogP contribution in [0.4, 0.5) is 0 Å². The number of β-amino-alcohol motifs (C(OH)–C–C–N with tert-alkyl or cyclic N) is 1. The highest BCUT2D eigenvalue weighted by molar-refractivity contribution is 5.92. The number of primary amides is 1. The first-order chi connectivity index (χ1) is 10.1. The average Bonchev–Trinajstić information content (AvgIpc) is 2.74. The lowest BCUT2D eigenvalue weighted by Gasteiger charge is -2.35. The number of aromatic amines is 1. The van der Waals surface area contributed by atoms with Gasteiger partial charge in [-0.05, 0) is 0 Å². The van der Waals surface area contributed by atoms with Crippen LogP contribution in [0.25, 0.3) is 0 Å². The number of amides is 1. The van der Waals surface area contributed by atoms with Crippen molar-refractivity contribution >= 4 is 5.91 Å². The van der Waals surface area contributed by atoms with E-state index < -0.39 is 11.5 Å². The topological polar surface area (TPSA) is 117 Å². The molecule has 0 aliphatic carbocycles. The number of carbonyl (C=O) groups excluding carboxylic acids is 1. The Morgan fingerprint density at radius 1 is 1.57 bits per heavy atom. The van der Waals surface area contributed by atoms with E-state index in [0.717, 1.165) is 30.8 Å². The van der Waals surface area contributed by atoms with Crippen molar-refractivity contribution < 1.29 is 14.6 Å². The SMILES string of the molecule is NC(=O)c1n[nH]c2c1CN(C[C@@]1(O)CNCCOC1)CC2. The van der Waals surface area contributed by atoms with Gasteiger partial charge in [-0.1, -0.05) is 0 Å². The molecule has 1 aromatic rings. The number of nitrogens with zero attached hydrogens (tertiary/aromatic N) is 2. The van der Waals surface area contributed by atoms with Crippen LogP contribution >= 0.6 is 0 Å². The van der Waals surface area contributed by atoms with E-state index in [1.54, 1.807) is 0 Å². The maximum Gasteiger partial charge on any atom is 0.269 e. The molecule has 0 aromatic carbocycles. The largest absolute Gasteiger partial charge is 0.385 e. The Hall–Kier alpha value is -1.48. The predicted octanol–water partition coefficient (Wildman–Crippen LogP) is -1.78. The van der Waals surface area contributed by atoms with Crippen LogP contribution in [0.2, 0.25) is 0 Å². The fourth-order valence-electron chi connectivity index (χ4n) is 2.99. The number of nitrogens with one attached hydrogen (secondary N) is 2. The first kappa shape index (κ1) is 14.5. The molecule has 3 rings (SSSR count). The Morgan fingerprint density at radius 2 is 2.43 bits per heavy atom. The fourth-order valence-corrected chi connectivity index (χ4v) is 2.99. The van der Waals surface area contributed by atoms with Gasteiger partial charge in [-0.2, -0.15) is 5.10 Å². The zero-order chi connectivity index (χ0) is 14.9. The van der Waals surface area contributed by atoms with Gasteiger partial charge in [-0.15, -0.1) is 0 Å². The summed E-state index contributed by atoms with van der Waals surface area (Å²) in [5, 5.41) is 20.7. The summed E-state index contributed by atoms with van der Waals surface area (Å²) < 4.78 is 5.44. The minimum absolute atomic E-state index is 0.303. The molecule has 1 atom stereocenters. The molecule has 3 heterocycles. The van der Waals surface area contributed by atoms with Crippen LogP contribution in [0.3, 0.4) is 0 Å². The second kappa shape index (κ2) is 5.72. The normalized spacial score (nSPS) is 27.1. The van der Waals surface area contributed by atoms with Crippen LogP contribution in [0.1, 0.15) is 21.7 Å². The third-order valence-corrected chi connectivity index (χ3v) is 4.01. The van der Waals surface area contributed by atoms with Gasteiger partial charge in [0, 0.05) is 50.4 Å². The van der Waals surface area contributed by atoms with Gasteiger partial charge in [0.1, 0.15) is 5.60 Å². The van der Waals surface area contributed by atoms with E-state index in [0.29, 0.717) is 38.5 Å². The van der Waals surface area contributed by atoms with Crippen molar-refractivity contribution in [2.75, 3.05) is 39.4 Å². The van der Waals surface area contributed by atoms with Crippen LogP contribution in [-0.2, 0) is 17.7 Å². The summed E-state index contributed by atoms with van der Waals surface area (Å²) in [5.41, 5.74) is 6.54. The van der Waals surface area contributed by atoms with Gasteiger partial charge in [0.05, 0.1) is 13.2 Å². The molecule has 8 nitrogen and oxygen atoms in total. The third kappa shape index (κ3) is 3.08. The molecule has 21 heavy (non-hydrogen) atoms. The highest BCUT2D eigenvalue weighted by Gasteiger charge is 2.33. The van der Waals surface area contributed by atoms with E-state index in [2.05, 4.69) is 20.4 Å². The van der Waals surface area contributed by atoms with E-state index in [-0.39, 0.29) is 0 Å². The van der Waals surface area contributed by atoms with Gasteiger partial charge in [-0.25, -0.2) is 0 Å². The second-order valence-electron chi connectivity index (χ2n) is 5.81. The van der Waals surface area contributed by atoms with E-state index in [1.165, 1.54) is 0 Å². The van der Waals surface area contributed by atoms with E-state index in [4.69, 9.17) is 10.5 Å². The first-order valence-electron chi connectivity index (χ1n) is 7.16. The molecule has 1 fully saturated rings. The molecule has 116 valence electrons. The lowest BCUT2D eigenvalue weighted by Crippen LogP contribution is -2.52. The molecular weight excluding hydrogens is 274 g/mol. The number of rotatable bonds is 3. The van der Waals surface area contributed by atoms with Crippen LogP contribution in [-0.4, -0.2) is 71.1 Å². The van der Waals surface area contributed by atoms with Gasteiger partial charge in [0.25, 0.3) is 5.91 Å². The molecule has 1 saturated heterocycles. The number of aromatic nitrogens is 2. The summed E-state index contributed by atoms with van der Waals surface area (Å²) >= 11 is 0. The Morgan fingerprint density at radius 3 is 3.24 bits per heavy atom. The van der Waals surface area contributed by atoms with Gasteiger partial charge in [0.2, 0.25) is 0 Å². The summed E-state index contributed by atoms with van der Waals surface area (Å²) in [4.78, 5) is 13.5. The number of aliphatic hydroxyl groups is 1. The highest BCUT2D eigenvalue weighted by atomic mass is 16.5. The molecule has 2 aliphatic heterocycles. The number of hydrogen-bond donors (Lipinski definition) is 4. The van der Waals surface area contributed by atoms with Crippen LogP contribution in [0, 0.1) is 0 Å². The molecule has 0 spiro atoms. The number of fused-ring (bicyclic) bond motifs is 1. The minimum atomic E-state index is -0.912. The van der Waals surface area contributed by atoms with Crippen molar-refractivity contribution in [2.24, 2.45) is 5.73 Å². The zero-order valence-electron chi connectivity index (χ0n) is 11.9. The van der Waals surface area contributed by atoms with E-state index in [1.807, 2.05) is 0 Å². The Bertz CT molecular complexity index is 522. The molecule has 8 heteroatoms.